The number of nitrogens with two attached hydrogens (primary N) is 1. The van der Waals surface area contributed by atoms with E-state index in [1.807, 2.05) is 0 Å². The second-order valence-electron chi connectivity index (χ2n) is 5.85. The minimum atomic E-state index is -1.46. The molecule has 2 aromatic heterocycles. The fraction of sp³-hybridized carbons (Fsp3) is 0.533. The molecule has 25 heavy (non-hydrogen) atoms. The van der Waals surface area contributed by atoms with Crippen molar-refractivity contribution in [2.75, 3.05) is 5.73 Å². The van der Waals surface area contributed by atoms with Crippen molar-refractivity contribution >= 4 is 17.1 Å². The van der Waals surface area contributed by atoms with Crippen LogP contribution in [0.15, 0.2) is 9.59 Å². The minimum Gasteiger partial charge on any atom is -0.390 e. The van der Waals surface area contributed by atoms with Crippen molar-refractivity contribution in [1.29, 1.82) is 0 Å². The average molecular weight is 351 g/mol. The first-order chi connectivity index (χ1) is 11.9. The van der Waals surface area contributed by atoms with Crippen LogP contribution in [0, 0.1) is 12.3 Å². The normalized spacial score (nSPS) is 24.5. The van der Waals surface area contributed by atoms with Gasteiger partial charge in [0.25, 0.3) is 5.56 Å². The molecule has 0 amide bonds. The SMILES string of the molecule is C#CCn1c(=O)n(C2CC(F)C(C(O)CC)O2)c2nc(N)[nH]c(=O)c21. The van der Waals surface area contributed by atoms with Gasteiger partial charge in [0, 0.05) is 6.42 Å². The van der Waals surface area contributed by atoms with Gasteiger partial charge in [-0.25, -0.2) is 13.8 Å². The van der Waals surface area contributed by atoms with Crippen LogP contribution in [-0.4, -0.2) is 42.6 Å². The molecule has 10 heteroatoms. The maximum atomic E-state index is 14.3. The highest BCUT2D eigenvalue weighted by Crippen LogP contribution is 2.33. The average Bonchev–Trinajstić information content (AvgIpc) is 3.05. The summed E-state index contributed by atoms with van der Waals surface area (Å²) in [6.07, 6.45) is 0.854. The summed E-state index contributed by atoms with van der Waals surface area (Å²) in [6, 6.07) is 0. The Balaban J connectivity index is 2.18. The molecule has 134 valence electrons. The molecule has 1 aliphatic rings. The van der Waals surface area contributed by atoms with E-state index in [9.17, 15) is 19.1 Å². The summed E-state index contributed by atoms with van der Waals surface area (Å²) >= 11 is 0. The molecule has 1 fully saturated rings. The number of nitrogens with one attached hydrogen (secondary N) is 1. The van der Waals surface area contributed by atoms with E-state index in [-0.39, 0.29) is 30.1 Å². The smallest absolute Gasteiger partial charge is 0.333 e. The summed E-state index contributed by atoms with van der Waals surface area (Å²) < 4.78 is 21.9. The number of aliphatic hydroxyl groups is 1. The van der Waals surface area contributed by atoms with E-state index in [0.717, 1.165) is 9.13 Å². The van der Waals surface area contributed by atoms with Gasteiger partial charge in [-0.2, -0.15) is 4.98 Å². The second-order valence-corrected chi connectivity index (χ2v) is 5.85. The van der Waals surface area contributed by atoms with Crippen LogP contribution in [0.3, 0.4) is 0 Å². The molecule has 0 saturated carbocycles. The number of nitrogens with zero attached hydrogens (tertiary/aromatic N) is 3. The number of hydrogen-bond donors (Lipinski definition) is 3. The Morgan fingerprint density at radius 1 is 1.60 bits per heavy atom. The number of halogens is 1. The highest BCUT2D eigenvalue weighted by molar-refractivity contribution is 5.71. The van der Waals surface area contributed by atoms with Gasteiger partial charge in [0.05, 0.1) is 12.6 Å². The van der Waals surface area contributed by atoms with Crippen molar-refractivity contribution in [2.24, 2.45) is 0 Å². The van der Waals surface area contributed by atoms with Crippen LogP contribution in [0.4, 0.5) is 10.3 Å². The van der Waals surface area contributed by atoms with Gasteiger partial charge < -0.3 is 15.6 Å². The van der Waals surface area contributed by atoms with Crippen molar-refractivity contribution in [2.45, 2.75) is 50.9 Å². The van der Waals surface area contributed by atoms with Crippen molar-refractivity contribution in [3.63, 3.8) is 0 Å². The first-order valence-corrected chi connectivity index (χ1v) is 7.80. The third-order valence-electron chi connectivity index (χ3n) is 4.26. The Labute approximate surface area is 141 Å². The number of H-pyrrole nitrogens is 1. The second kappa shape index (κ2) is 6.34. The molecular weight excluding hydrogens is 333 g/mol. The molecule has 4 atom stereocenters. The molecule has 2 aromatic rings. The third kappa shape index (κ3) is 2.71. The van der Waals surface area contributed by atoms with Crippen molar-refractivity contribution in [3.8, 4) is 12.3 Å². The van der Waals surface area contributed by atoms with E-state index < -0.39 is 35.9 Å². The van der Waals surface area contributed by atoms with E-state index in [1.165, 1.54) is 0 Å². The molecule has 0 bridgehead atoms. The van der Waals surface area contributed by atoms with Crippen LogP contribution in [0.2, 0.25) is 0 Å². The first kappa shape index (κ1) is 17.2. The van der Waals surface area contributed by atoms with Gasteiger partial charge in [-0.05, 0) is 6.42 Å². The Morgan fingerprint density at radius 2 is 2.32 bits per heavy atom. The van der Waals surface area contributed by atoms with Gasteiger partial charge in [0.15, 0.2) is 11.2 Å². The lowest BCUT2D eigenvalue weighted by Crippen LogP contribution is -2.32. The standard InChI is InChI=1S/C15H18FN5O4/c1-3-5-20-10-12(18-14(17)19-13(10)23)21(15(20)24)9-6-7(16)11(25-9)8(22)4-2/h1,7-9,11,22H,4-6H2,2H3,(H3,17,18,19,23). The number of aromatic amines is 1. The van der Waals surface area contributed by atoms with Gasteiger partial charge in [-0.15, -0.1) is 6.42 Å². The molecule has 1 saturated heterocycles. The van der Waals surface area contributed by atoms with E-state index in [1.54, 1.807) is 6.92 Å². The van der Waals surface area contributed by atoms with E-state index in [2.05, 4.69) is 15.9 Å². The van der Waals surface area contributed by atoms with Crippen molar-refractivity contribution in [1.82, 2.24) is 19.1 Å². The Morgan fingerprint density at radius 3 is 2.96 bits per heavy atom. The van der Waals surface area contributed by atoms with Crippen LogP contribution in [0.5, 0.6) is 0 Å². The molecule has 3 rings (SSSR count). The number of anilines is 1. The van der Waals surface area contributed by atoms with Gasteiger partial charge in [-0.1, -0.05) is 12.8 Å². The molecule has 3 heterocycles. The summed E-state index contributed by atoms with van der Waals surface area (Å²) in [5.74, 6) is 2.10. The molecule has 0 aromatic carbocycles. The van der Waals surface area contributed by atoms with E-state index in [0.29, 0.717) is 6.42 Å². The fourth-order valence-electron chi connectivity index (χ4n) is 3.08. The van der Waals surface area contributed by atoms with Crippen molar-refractivity contribution in [3.05, 3.63) is 20.8 Å². The van der Waals surface area contributed by atoms with Gasteiger partial charge in [0.1, 0.15) is 18.5 Å². The number of nitrogen functional groups attached to an aromatic ring is 1. The molecule has 9 nitrogen and oxygen atoms in total. The monoisotopic (exact) mass is 351 g/mol. The quantitative estimate of drug-likeness (QED) is 0.637. The number of aromatic nitrogens is 4. The minimum absolute atomic E-state index is 0.0367. The van der Waals surface area contributed by atoms with Crippen LogP contribution in [-0.2, 0) is 11.3 Å². The summed E-state index contributed by atoms with van der Waals surface area (Å²) in [5, 5.41) is 9.88. The highest BCUT2D eigenvalue weighted by atomic mass is 19.1. The van der Waals surface area contributed by atoms with Crippen LogP contribution in [0.1, 0.15) is 26.0 Å². The Kier molecular flexibility index (Phi) is 4.36. The zero-order valence-electron chi connectivity index (χ0n) is 13.5. The largest absolute Gasteiger partial charge is 0.390 e. The summed E-state index contributed by atoms with van der Waals surface area (Å²) in [5.41, 5.74) is 4.18. The lowest BCUT2D eigenvalue weighted by molar-refractivity contribution is -0.0724. The Bertz CT molecular complexity index is 956. The molecular formula is C15H18FN5O4. The predicted octanol–water partition coefficient (Wildman–Crippen LogP) is -0.502. The predicted molar refractivity (Wildman–Crippen MR) is 87.6 cm³/mol. The van der Waals surface area contributed by atoms with E-state index in [4.69, 9.17) is 16.9 Å². The van der Waals surface area contributed by atoms with Gasteiger partial charge in [-0.3, -0.25) is 14.3 Å². The summed E-state index contributed by atoms with van der Waals surface area (Å²) in [6.45, 7) is 1.53. The number of terminal acetylenes is 1. The number of ether oxygens (including phenoxy) is 1. The maximum absolute atomic E-state index is 14.3. The molecule has 0 radical (unpaired) electrons. The number of alkyl halides is 1. The zero-order chi connectivity index (χ0) is 18.3. The van der Waals surface area contributed by atoms with Crippen LogP contribution in [0.25, 0.3) is 11.2 Å². The topological polar surface area (TPSA) is 128 Å². The number of aliphatic hydroxyl groups excluding tert-OH is 1. The zero-order valence-corrected chi connectivity index (χ0v) is 13.5. The number of rotatable bonds is 4. The molecule has 0 aliphatic carbocycles. The number of imidazole rings is 1. The molecule has 1 aliphatic heterocycles. The summed E-state index contributed by atoms with van der Waals surface area (Å²) in [4.78, 5) is 31.2. The number of fused-ring (bicyclic) bond motifs is 1. The highest BCUT2D eigenvalue weighted by Gasteiger charge is 2.41. The molecule has 4 unspecified atom stereocenters. The van der Waals surface area contributed by atoms with Gasteiger partial charge in [0.2, 0.25) is 5.95 Å². The van der Waals surface area contributed by atoms with Crippen LogP contribution >= 0.6 is 0 Å². The summed E-state index contributed by atoms with van der Waals surface area (Å²) in [7, 11) is 0. The number of hydrogen-bond acceptors (Lipinski definition) is 6. The lowest BCUT2D eigenvalue weighted by Gasteiger charge is -2.19. The fourth-order valence-corrected chi connectivity index (χ4v) is 3.08. The Hall–Kier alpha value is -2.64. The first-order valence-electron chi connectivity index (χ1n) is 7.80. The molecule has 0 spiro atoms. The maximum Gasteiger partial charge on any atom is 0.333 e. The lowest BCUT2D eigenvalue weighted by atomic mass is 10.1. The van der Waals surface area contributed by atoms with Crippen LogP contribution < -0.4 is 17.0 Å². The third-order valence-corrected chi connectivity index (χ3v) is 4.26. The van der Waals surface area contributed by atoms with Gasteiger partial charge >= 0.3 is 5.69 Å². The molecule has 4 N–H and O–H groups in total. The van der Waals surface area contributed by atoms with E-state index >= 15 is 0 Å². The van der Waals surface area contributed by atoms with Crippen molar-refractivity contribution < 1.29 is 14.2 Å².